The van der Waals surface area contributed by atoms with Crippen molar-refractivity contribution in [2.24, 2.45) is 11.3 Å². The van der Waals surface area contributed by atoms with Crippen LogP contribution in [-0.2, 0) is 4.79 Å². The normalized spacial score (nSPS) is 20.6. The van der Waals surface area contributed by atoms with E-state index in [1.165, 1.54) is 6.42 Å². The molecular weight excluding hydrogens is 328 g/mol. The van der Waals surface area contributed by atoms with E-state index < -0.39 is 0 Å². The average Bonchev–Trinajstić information content (AvgIpc) is 3.08. The van der Waals surface area contributed by atoms with Gasteiger partial charge in [-0.15, -0.1) is 0 Å². The van der Waals surface area contributed by atoms with E-state index in [0.717, 1.165) is 31.1 Å². The van der Waals surface area contributed by atoms with Crippen molar-refractivity contribution in [2.45, 2.75) is 19.3 Å². The molecular formula is C20H24N4O2. The molecule has 4 rings (SSSR count). The number of anilines is 1. The summed E-state index contributed by atoms with van der Waals surface area (Å²) in [6.07, 6.45) is 6.92. The number of rotatable bonds is 6. The first-order chi connectivity index (χ1) is 12.8. The first-order valence-electron chi connectivity index (χ1n) is 9.24. The molecule has 6 heteroatoms. The monoisotopic (exact) mass is 352 g/mol. The Balaban J connectivity index is 1.33. The van der Waals surface area contributed by atoms with Gasteiger partial charge in [-0.25, -0.2) is 9.97 Å². The number of ether oxygens (including phenoxy) is 1. The zero-order valence-corrected chi connectivity index (χ0v) is 14.8. The summed E-state index contributed by atoms with van der Waals surface area (Å²) in [5, 5.41) is 3.06. The highest BCUT2D eigenvalue weighted by atomic mass is 16.5. The molecule has 0 radical (unpaired) electrons. The second kappa shape index (κ2) is 7.32. The number of hydrogen-bond donors (Lipinski definition) is 1. The third-order valence-corrected chi connectivity index (χ3v) is 5.56. The summed E-state index contributed by atoms with van der Waals surface area (Å²) in [5.41, 5.74) is 0.0869. The van der Waals surface area contributed by atoms with Crippen LogP contribution < -0.4 is 15.0 Å². The Kier molecular flexibility index (Phi) is 4.73. The first kappa shape index (κ1) is 16.8. The summed E-state index contributed by atoms with van der Waals surface area (Å²) in [7, 11) is 0. The summed E-state index contributed by atoms with van der Waals surface area (Å²) in [6.45, 7) is 2.55. The SMILES string of the molecule is O=C(NCCOc1ccccc1)C1CN(c2ncccn2)CC12CCC2. The molecule has 1 atom stereocenters. The molecule has 2 fully saturated rings. The van der Waals surface area contributed by atoms with Gasteiger partial charge in [-0.05, 0) is 31.0 Å². The highest BCUT2D eigenvalue weighted by Gasteiger charge is 2.53. The van der Waals surface area contributed by atoms with Crippen molar-refractivity contribution in [1.82, 2.24) is 15.3 Å². The second-order valence-electron chi connectivity index (χ2n) is 7.15. The third-order valence-electron chi connectivity index (χ3n) is 5.56. The predicted molar refractivity (Wildman–Crippen MR) is 99.0 cm³/mol. The van der Waals surface area contributed by atoms with E-state index in [9.17, 15) is 4.79 Å². The molecule has 2 heterocycles. The van der Waals surface area contributed by atoms with Crippen LogP contribution in [0.4, 0.5) is 5.95 Å². The Morgan fingerprint density at radius 3 is 2.65 bits per heavy atom. The molecule has 1 aromatic heterocycles. The van der Waals surface area contributed by atoms with Gasteiger partial charge in [0.25, 0.3) is 0 Å². The summed E-state index contributed by atoms with van der Waals surface area (Å²) >= 11 is 0. The number of benzene rings is 1. The molecule has 1 aromatic carbocycles. The van der Waals surface area contributed by atoms with Gasteiger partial charge in [-0.2, -0.15) is 0 Å². The van der Waals surface area contributed by atoms with Crippen molar-refractivity contribution in [3.05, 3.63) is 48.8 Å². The number of aromatic nitrogens is 2. The Labute approximate surface area is 153 Å². The van der Waals surface area contributed by atoms with Gasteiger partial charge in [0.1, 0.15) is 12.4 Å². The lowest BCUT2D eigenvalue weighted by Crippen LogP contribution is -2.46. The number of carbonyl (C=O) groups is 1. The minimum absolute atomic E-state index is 0.00298. The van der Waals surface area contributed by atoms with Crippen molar-refractivity contribution in [3.8, 4) is 5.75 Å². The molecule has 1 saturated heterocycles. The molecule has 1 aliphatic carbocycles. The lowest BCUT2D eigenvalue weighted by Gasteiger charge is -2.41. The third kappa shape index (κ3) is 3.36. The summed E-state index contributed by atoms with van der Waals surface area (Å²) in [5.74, 6) is 1.67. The molecule has 2 aliphatic rings. The maximum atomic E-state index is 12.8. The fraction of sp³-hybridized carbons (Fsp3) is 0.450. The maximum absolute atomic E-state index is 12.8. The molecule has 1 amide bonds. The van der Waals surface area contributed by atoms with E-state index in [1.54, 1.807) is 12.4 Å². The zero-order valence-electron chi connectivity index (χ0n) is 14.8. The number of amides is 1. The van der Waals surface area contributed by atoms with E-state index in [2.05, 4.69) is 20.2 Å². The topological polar surface area (TPSA) is 67.3 Å². The minimum atomic E-state index is -0.00298. The lowest BCUT2D eigenvalue weighted by molar-refractivity contribution is -0.129. The van der Waals surface area contributed by atoms with E-state index in [-0.39, 0.29) is 17.2 Å². The minimum Gasteiger partial charge on any atom is -0.492 e. The van der Waals surface area contributed by atoms with Gasteiger partial charge in [0.05, 0.1) is 12.5 Å². The van der Waals surface area contributed by atoms with E-state index in [1.807, 2.05) is 36.4 Å². The highest BCUT2D eigenvalue weighted by Crippen LogP contribution is 2.52. The lowest BCUT2D eigenvalue weighted by atomic mass is 9.62. The van der Waals surface area contributed by atoms with Crippen molar-refractivity contribution < 1.29 is 9.53 Å². The zero-order chi connectivity index (χ0) is 17.8. The van der Waals surface area contributed by atoms with E-state index in [4.69, 9.17) is 4.74 Å². The summed E-state index contributed by atoms with van der Waals surface area (Å²) < 4.78 is 5.66. The molecule has 1 aliphatic heterocycles. The van der Waals surface area contributed by atoms with Crippen molar-refractivity contribution in [3.63, 3.8) is 0 Å². The standard InChI is InChI=1S/C20H24N4O2/c25-18(21-12-13-26-16-6-2-1-3-7-16)17-14-24(15-20(17)8-4-9-20)19-22-10-5-11-23-19/h1-3,5-7,10-11,17H,4,8-9,12-15H2,(H,21,25). The molecule has 1 spiro atoms. The van der Waals surface area contributed by atoms with Crippen molar-refractivity contribution >= 4 is 11.9 Å². The van der Waals surface area contributed by atoms with Crippen molar-refractivity contribution in [2.75, 3.05) is 31.1 Å². The molecule has 1 N–H and O–H groups in total. The van der Waals surface area contributed by atoms with Crippen LogP contribution in [0.15, 0.2) is 48.8 Å². The quantitative estimate of drug-likeness (QED) is 0.808. The van der Waals surface area contributed by atoms with Crippen molar-refractivity contribution in [1.29, 1.82) is 0 Å². The average molecular weight is 352 g/mol. The highest BCUT2D eigenvalue weighted by molar-refractivity contribution is 5.81. The number of nitrogens with one attached hydrogen (secondary N) is 1. The fourth-order valence-electron chi connectivity index (χ4n) is 4.06. The Morgan fingerprint density at radius 2 is 1.96 bits per heavy atom. The van der Waals surface area contributed by atoms with Crippen LogP contribution in [0.25, 0.3) is 0 Å². The Hall–Kier alpha value is -2.63. The van der Waals surface area contributed by atoms with Crippen LogP contribution in [0, 0.1) is 11.3 Å². The van der Waals surface area contributed by atoms with Gasteiger partial charge in [0, 0.05) is 30.9 Å². The number of nitrogens with zero attached hydrogens (tertiary/aromatic N) is 3. The Bertz CT molecular complexity index is 734. The van der Waals surface area contributed by atoms with Gasteiger partial charge in [-0.3, -0.25) is 4.79 Å². The molecule has 136 valence electrons. The Morgan fingerprint density at radius 1 is 1.19 bits per heavy atom. The van der Waals surface area contributed by atoms with Gasteiger partial charge in [-0.1, -0.05) is 24.6 Å². The van der Waals surface area contributed by atoms with E-state index in [0.29, 0.717) is 19.7 Å². The maximum Gasteiger partial charge on any atom is 0.225 e. The van der Waals surface area contributed by atoms with Gasteiger partial charge >= 0.3 is 0 Å². The van der Waals surface area contributed by atoms with Crippen LogP contribution >= 0.6 is 0 Å². The smallest absolute Gasteiger partial charge is 0.225 e. The summed E-state index contributed by atoms with van der Waals surface area (Å²) in [6, 6.07) is 11.5. The fourth-order valence-corrected chi connectivity index (χ4v) is 4.06. The van der Waals surface area contributed by atoms with Crippen LogP contribution in [0.1, 0.15) is 19.3 Å². The molecule has 2 aromatic rings. The largest absolute Gasteiger partial charge is 0.492 e. The number of para-hydroxylation sites is 1. The number of carbonyl (C=O) groups excluding carboxylic acids is 1. The van der Waals surface area contributed by atoms with Crippen LogP contribution in [0.2, 0.25) is 0 Å². The predicted octanol–water partition coefficient (Wildman–Crippen LogP) is 2.28. The molecule has 6 nitrogen and oxygen atoms in total. The van der Waals surface area contributed by atoms with Crippen LogP contribution in [-0.4, -0.2) is 42.1 Å². The second-order valence-corrected chi connectivity index (χ2v) is 7.15. The summed E-state index contributed by atoms with van der Waals surface area (Å²) in [4.78, 5) is 23.7. The molecule has 1 unspecified atom stereocenters. The van der Waals surface area contributed by atoms with Gasteiger partial charge in [0.2, 0.25) is 11.9 Å². The number of hydrogen-bond acceptors (Lipinski definition) is 5. The molecule has 0 bridgehead atoms. The molecule has 1 saturated carbocycles. The molecule has 26 heavy (non-hydrogen) atoms. The van der Waals surface area contributed by atoms with E-state index >= 15 is 0 Å². The van der Waals surface area contributed by atoms with Gasteiger partial charge in [0.15, 0.2) is 0 Å². The van der Waals surface area contributed by atoms with Crippen LogP contribution in [0.3, 0.4) is 0 Å². The van der Waals surface area contributed by atoms with Crippen LogP contribution in [0.5, 0.6) is 5.75 Å². The first-order valence-corrected chi connectivity index (χ1v) is 9.24. The van der Waals surface area contributed by atoms with Gasteiger partial charge < -0.3 is 15.0 Å².